The average molecular weight is 383 g/mol. The maximum absolute atomic E-state index is 5.40. The summed E-state index contributed by atoms with van der Waals surface area (Å²) < 4.78 is 10.8. The van der Waals surface area contributed by atoms with E-state index in [1.165, 1.54) is 11.1 Å². The molecule has 2 aromatic rings. The summed E-state index contributed by atoms with van der Waals surface area (Å²) in [5.74, 6) is 2.44. The molecule has 6 nitrogen and oxygen atoms in total. The lowest BCUT2D eigenvalue weighted by Crippen LogP contribution is -2.44. The molecule has 3 rings (SSSR count). The quantitative estimate of drug-likeness (QED) is 0.594. The molecule has 1 heterocycles. The normalized spacial score (nSPS) is 16.8. The highest BCUT2D eigenvalue weighted by Gasteiger charge is 2.24. The van der Waals surface area contributed by atoms with Crippen LogP contribution in [-0.4, -0.2) is 46.4 Å². The Morgan fingerprint density at radius 3 is 2.54 bits per heavy atom. The van der Waals surface area contributed by atoms with Crippen molar-refractivity contribution in [3.8, 4) is 11.5 Å². The van der Waals surface area contributed by atoms with Gasteiger partial charge < -0.3 is 25.0 Å². The van der Waals surface area contributed by atoms with Crippen LogP contribution in [0.1, 0.15) is 17.5 Å². The van der Waals surface area contributed by atoms with E-state index < -0.39 is 0 Å². The van der Waals surface area contributed by atoms with Crippen molar-refractivity contribution in [2.45, 2.75) is 25.9 Å². The summed E-state index contributed by atoms with van der Waals surface area (Å²) >= 11 is 0. The first-order valence-electron chi connectivity index (χ1n) is 9.62. The van der Waals surface area contributed by atoms with Crippen molar-refractivity contribution >= 4 is 11.6 Å². The molecule has 6 heteroatoms. The predicted octanol–water partition coefficient (Wildman–Crippen LogP) is 2.96. The smallest absolute Gasteiger partial charge is 0.191 e. The van der Waals surface area contributed by atoms with Crippen molar-refractivity contribution in [2.75, 3.05) is 39.3 Å². The zero-order chi connectivity index (χ0) is 19.9. The topological polar surface area (TPSA) is 58.1 Å². The van der Waals surface area contributed by atoms with E-state index >= 15 is 0 Å². The van der Waals surface area contributed by atoms with Gasteiger partial charge in [0, 0.05) is 56.6 Å². The number of benzene rings is 2. The van der Waals surface area contributed by atoms with Gasteiger partial charge in [0.2, 0.25) is 0 Å². The summed E-state index contributed by atoms with van der Waals surface area (Å²) in [6, 6.07) is 14.8. The van der Waals surface area contributed by atoms with Gasteiger partial charge in [-0.25, -0.2) is 0 Å². The second kappa shape index (κ2) is 9.35. The van der Waals surface area contributed by atoms with E-state index in [4.69, 9.17) is 9.47 Å². The molecule has 2 aromatic carbocycles. The van der Waals surface area contributed by atoms with Gasteiger partial charge in [-0.05, 0) is 18.9 Å². The Bertz CT molecular complexity index is 800. The lowest BCUT2D eigenvalue weighted by Gasteiger charge is -2.21. The number of ether oxygens (including phenoxy) is 2. The maximum atomic E-state index is 5.40. The molecule has 1 atom stereocenters. The van der Waals surface area contributed by atoms with Crippen LogP contribution in [0, 0.1) is 6.92 Å². The van der Waals surface area contributed by atoms with E-state index in [9.17, 15) is 0 Å². The van der Waals surface area contributed by atoms with E-state index in [-0.39, 0.29) is 0 Å². The number of anilines is 1. The lowest BCUT2D eigenvalue weighted by atomic mass is 10.1. The van der Waals surface area contributed by atoms with Crippen molar-refractivity contribution in [1.82, 2.24) is 10.6 Å². The molecule has 1 unspecified atom stereocenters. The van der Waals surface area contributed by atoms with Gasteiger partial charge in [-0.3, -0.25) is 4.99 Å². The molecule has 1 aliphatic heterocycles. The largest absolute Gasteiger partial charge is 0.497 e. The predicted molar refractivity (Wildman–Crippen MR) is 115 cm³/mol. The van der Waals surface area contributed by atoms with E-state index in [0.717, 1.165) is 49.2 Å². The molecule has 0 radical (unpaired) electrons. The average Bonchev–Trinajstić information content (AvgIpc) is 3.19. The third-order valence-corrected chi connectivity index (χ3v) is 5.00. The molecule has 1 fully saturated rings. The van der Waals surface area contributed by atoms with Crippen LogP contribution >= 0.6 is 0 Å². The molecule has 28 heavy (non-hydrogen) atoms. The molecule has 0 amide bonds. The first-order valence-corrected chi connectivity index (χ1v) is 9.62. The molecule has 1 saturated heterocycles. The third kappa shape index (κ3) is 5.09. The van der Waals surface area contributed by atoms with Crippen molar-refractivity contribution in [3.05, 3.63) is 53.6 Å². The Kier molecular flexibility index (Phi) is 6.63. The number of guanidine groups is 1. The van der Waals surface area contributed by atoms with Gasteiger partial charge in [-0.15, -0.1) is 0 Å². The first-order chi connectivity index (χ1) is 13.6. The Morgan fingerprint density at radius 1 is 1.14 bits per heavy atom. The minimum Gasteiger partial charge on any atom is -0.497 e. The summed E-state index contributed by atoms with van der Waals surface area (Å²) in [6.45, 7) is 4.74. The fourth-order valence-electron chi connectivity index (χ4n) is 3.48. The highest BCUT2D eigenvalue weighted by Crippen LogP contribution is 2.30. The van der Waals surface area contributed by atoms with Gasteiger partial charge >= 0.3 is 0 Å². The summed E-state index contributed by atoms with van der Waals surface area (Å²) in [7, 11) is 5.17. The van der Waals surface area contributed by atoms with E-state index in [2.05, 4.69) is 63.8 Å². The van der Waals surface area contributed by atoms with Crippen LogP contribution in [0.2, 0.25) is 0 Å². The molecular weight excluding hydrogens is 352 g/mol. The number of nitrogens with zero attached hydrogens (tertiary/aromatic N) is 2. The van der Waals surface area contributed by atoms with Crippen LogP contribution in [-0.2, 0) is 6.54 Å². The standard InChI is InChI=1S/C22H30N4O2/c1-16-6-5-7-17(10-16)14-24-22(23-2)25-18-8-9-26(15-18)19-11-20(27-3)13-21(12-19)28-4/h5-7,10-13,18H,8-9,14-15H2,1-4H3,(H2,23,24,25). The molecule has 0 aromatic heterocycles. The number of rotatable bonds is 6. The molecule has 150 valence electrons. The van der Waals surface area contributed by atoms with Crippen molar-refractivity contribution in [3.63, 3.8) is 0 Å². The number of hydrogen-bond donors (Lipinski definition) is 2. The summed E-state index contributed by atoms with van der Waals surface area (Å²) in [6.07, 6.45) is 1.05. The van der Waals surface area contributed by atoms with Crippen molar-refractivity contribution < 1.29 is 9.47 Å². The first kappa shape index (κ1) is 19.9. The maximum Gasteiger partial charge on any atom is 0.191 e. The van der Waals surface area contributed by atoms with E-state index in [1.807, 2.05) is 13.1 Å². The Balaban J connectivity index is 1.57. The Morgan fingerprint density at radius 2 is 1.89 bits per heavy atom. The Labute approximate surface area is 167 Å². The van der Waals surface area contributed by atoms with E-state index in [1.54, 1.807) is 14.2 Å². The van der Waals surface area contributed by atoms with Crippen LogP contribution in [0.4, 0.5) is 5.69 Å². The zero-order valence-electron chi connectivity index (χ0n) is 17.2. The lowest BCUT2D eigenvalue weighted by molar-refractivity contribution is 0.394. The highest BCUT2D eigenvalue weighted by molar-refractivity contribution is 5.80. The number of aliphatic imine (C=N–C) groups is 1. The number of methoxy groups -OCH3 is 2. The van der Waals surface area contributed by atoms with E-state index in [0.29, 0.717) is 6.04 Å². The van der Waals surface area contributed by atoms with Gasteiger partial charge in [-0.2, -0.15) is 0 Å². The van der Waals surface area contributed by atoms with Crippen LogP contribution < -0.4 is 25.0 Å². The molecular formula is C22H30N4O2. The molecule has 0 saturated carbocycles. The van der Waals surface area contributed by atoms with Gasteiger partial charge in [0.15, 0.2) is 5.96 Å². The third-order valence-electron chi connectivity index (χ3n) is 5.00. The van der Waals surface area contributed by atoms with Crippen LogP contribution in [0.3, 0.4) is 0 Å². The van der Waals surface area contributed by atoms with Gasteiger partial charge in [-0.1, -0.05) is 29.8 Å². The number of hydrogen-bond acceptors (Lipinski definition) is 4. The van der Waals surface area contributed by atoms with Gasteiger partial charge in [0.25, 0.3) is 0 Å². The van der Waals surface area contributed by atoms with Crippen LogP contribution in [0.5, 0.6) is 11.5 Å². The summed E-state index contributed by atoms with van der Waals surface area (Å²) in [4.78, 5) is 6.72. The Hall–Kier alpha value is -2.89. The fraction of sp³-hybridized carbons (Fsp3) is 0.409. The summed E-state index contributed by atoms with van der Waals surface area (Å²) in [5.41, 5.74) is 3.63. The zero-order valence-corrected chi connectivity index (χ0v) is 17.2. The fourth-order valence-corrected chi connectivity index (χ4v) is 3.48. The molecule has 0 spiro atoms. The van der Waals surface area contributed by atoms with Crippen molar-refractivity contribution in [2.24, 2.45) is 4.99 Å². The molecule has 1 aliphatic rings. The van der Waals surface area contributed by atoms with Gasteiger partial charge in [0.1, 0.15) is 11.5 Å². The SMILES string of the molecule is CN=C(NCc1cccc(C)c1)NC1CCN(c2cc(OC)cc(OC)c2)C1. The monoisotopic (exact) mass is 382 g/mol. The molecule has 2 N–H and O–H groups in total. The van der Waals surface area contributed by atoms with Crippen molar-refractivity contribution in [1.29, 1.82) is 0 Å². The number of nitrogens with one attached hydrogen (secondary N) is 2. The highest BCUT2D eigenvalue weighted by atomic mass is 16.5. The van der Waals surface area contributed by atoms with Crippen LogP contribution in [0.25, 0.3) is 0 Å². The molecule has 0 bridgehead atoms. The van der Waals surface area contributed by atoms with Crippen LogP contribution in [0.15, 0.2) is 47.5 Å². The minimum atomic E-state index is 0.334. The van der Waals surface area contributed by atoms with Gasteiger partial charge in [0.05, 0.1) is 14.2 Å². The summed E-state index contributed by atoms with van der Waals surface area (Å²) in [5, 5.41) is 6.95. The minimum absolute atomic E-state index is 0.334. The molecule has 0 aliphatic carbocycles. The second-order valence-electron chi connectivity index (χ2n) is 7.06. The second-order valence-corrected chi connectivity index (χ2v) is 7.06. The number of aryl methyl sites for hydroxylation is 1.